The van der Waals surface area contributed by atoms with Gasteiger partial charge in [-0.1, -0.05) is 42.0 Å². The second-order valence-corrected chi connectivity index (χ2v) is 8.84. The summed E-state index contributed by atoms with van der Waals surface area (Å²) in [5, 5.41) is 16.8. The molecular weight excluding hydrogens is 438 g/mol. The van der Waals surface area contributed by atoms with Crippen molar-refractivity contribution in [2.75, 3.05) is 7.11 Å². The minimum atomic E-state index is -0.564. The van der Waals surface area contributed by atoms with E-state index >= 15 is 0 Å². The number of nitrogens with zero attached hydrogens (tertiary/aromatic N) is 3. The van der Waals surface area contributed by atoms with Gasteiger partial charge < -0.3 is 9.47 Å². The van der Waals surface area contributed by atoms with Crippen molar-refractivity contribution in [2.24, 2.45) is 28.8 Å². The van der Waals surface area contributed by atoms with Crippen LogP contribution in [0.15, 0.2) is 53.7 Å². The SMILES string of the molecule is COc1cc(C=NN2C(=O)[C@@H]3[C@H](C2=O)[C@H]2C=C[C@H]3C2)cc([N+](=O)[O-])c1OCc1cccc(C)c1. The van der Waals surface area contributed by atoms with Crippen LogP contribution in [0.2, 0.25) is 0 Å². The molecule has 9 heteroatoms. The van der Waals surface area contributed by atoms with Gasteiger partial charge in [-0.05, 0) is 36.8 Å². The van der Waals surface area contributed by atoms with Gasteiger partial charge in [-0.2, -0.15) is 10.1 Å². The number of allylic oxidation sites excluding steroid dienone is 2. The zero-order chi connectivity index (χ0) is 24.0. The third-order valence-electron chi connectivity index (χ3n) is 6.71. The Morgan fingerprint density at radius 1 is 1.15 bits per heavy atom. The van der Waals surface area contributed by atoms with Crippen molar-refractivity contribution in [3.05, 3.63) is 75.4 Å². The van der Waals surface area contributed by atoms with Crippen LogP contribution in [-0.4, -0.2) is 35.1 Å². The molecular formula is C25H23N3O6. The molecule has 4 atom stereocenters. The van der Waals surface area contributed by atoms with Crippen LogP contribution in [-0.2, 0) is 16.2 Å². The molecule has 1 heterocycles. The largest absolute Gasteiger partial charge is 0.493 e. The van der Waals surface area contributed by atoms with Crippen molar-refractivity contribution < 1.29 is 24.0 Å². The van der Waals surface area contributed by atoms with Gasteiger partial charge in [-0.25, -0.2) is 0 Å². The monoisotopic (exact) mass is 461 g/mol. The lowest BCUT2D eigenvalue weighted by Crippen LogP contribution is -2.28. The number of carbonyl (C=O) groups excluding carboxylic acids is 2. The Kier molecular flexibility index (Phi) is 5.39. The molecule has 5 rings (SSSR count). The van der Waals surface area contributed by atoms with E-state index in [2.05, 4.69) is 5.10 Å². The van der Waals surface area contributed by atoms with Gasteiger partial charge in [0.05, 0.1) is 30.1 Å². The number of amides is 2. The molecule has 9 nitrogen and oxygen atoms in total. The number of methoxy groups -OCH3 is 1. The molecule has 2 fully saturated rings. The zero-order valence-electron chi connectivity index (χ0n) is 18.7. The van der Waals surface area contributed by atoms with Gasteiger partial charge in [0, 0.05) is 11.6 Å². The number of hydrazone groups is 1. The number of aryl methyl sites for hydroxylation is 1. The standard InChI is InChI=1S/C25H23N3O6/c1-14-4-3-5-15(8-14)13-34-23-19(28(31)32)9-16(10-20(23)33-2)12-26-27-24(29)21-17-6-7-18(11-17)22(21)25(27)30/h3-10,12,17-18,21-22H,11,13H2,1-2H3/t17-,18-,21-,22+/m0/s1. The molecule has 2 amide bonds. The maximum atomic E-state index is 12.8. The average molecular weight is 461 g/mol. The summed E-state index contributed by atoms with van der Waals surface area (Å²) in [5.41, 5.74) is 1.92. The van der Waals surface area contributed by atoms with Crippen LogP contribution in [0.25, 0.3) is 0 Å². The second-order valence-electron chi connectivity index (χ2n) is 8.84. The first-order valence-electron chi connectivity index (χ1n) is 11.0. The Bertz CT molecular complexity index is 1220. The number of hydrogen-bond acceptors (Lipinski definition) is 7. The highest BCUT2D eigenvalue weighted by Crippen LogP contribution is 2.52. The van der Waals surface area contributed by atoms with Crippen molar-refractivity contribution in [2.45, 2.75) is 20.0 Å². The minimum Gasteiger partial charge on any atom is -0.493 e. The van der Waals surface area contributed by atoms with Gasteiger partial charge in [-0.3, -0.25) is 19.7 Å². The summed E-state index contributed by atoms with van der Waals surface area (Å²) in [5.74, 6) is -1.04. The normalized spacial score (nSPS) is 24.8. The minimum absolute atomic E-state index is 0.00309. The fraction of sp³-hybridized carbons (Fsp3) is 0.320. The van der Waals surface area contributed by atoms with Gasteiger partial charge >= 0.3 is 5.69 Å². The number of nitro benzene ring substituents is 1. The molecule has 1 saturated heterocycles. The molecule has 0 aromatic heterocycles. The van der Waals surface area contributed by atoms with Crippen molar-refractivity contribution in [3.63, 3.8) is 0 Å². The fourth-order valence-electron chi connectivity index (χ4n) is 5.20. The highest BCUT2D eigenvalue weighted by atomic mass is 16.6. The van der Waals surface area contributed by atoms with Crippen LogP contribution in [0.4, 0.5) is 5.69 Å². The number of fused-ring (bicyclic) bond motifs is 5. The van der Waals surface area contributed by atoms with E-state index < -0.39 is 4.92 Å². The van der Waals surface area contributed by atoms with E-state index in [4.69, 9.17) is 9.47 Å². The Hall–Kier alpha value is -4.01. The molecule has 3 aliphatic rings. The van der Waals surface area contributed by atoms with Gasteiger partial charge in [-0.15, -0.1) is 0 Å². The van der Waals surface area contributed by atoms with E-state index in [1.807, 2.05) is 43.3 Å². The summed E-state index contributed by atoms with van der Waals surface area (Å²) in [6.45, 7) is 2.08. The highest BCUT2D eigenvalue weighted by Gasteiger charge is 2.59. The number of hydrogen-bond donors (Lipinski definition) is 0. The van der Waals surface area contributed by atoms with Crippen LogP contribution < -0.4 is 9.47 Å². The molecule has 2 aromatic carbocycles. The molecule has 0 N–H and O–H groups in total. The van der Waals surface area contributed by atoms with Gasteiger partial charge in [0.25, 0.3) is 11.8 Å². The predicted molar refractivity (Wildman–Crippen MR) is 122 cm³/mol. The Morgan fingerprint density at radius 3 is 2.47 bits per heavy atom. The first kappa shape index (κ1) is 21.8. The van der Waals surface area contributed by atoms with Gasteiger partial charge in [0.2, 0.25) is 5.75 Å². The van der Waals surface area contributed by atoms with Crippen LogP contribution in [0, 0.1) is 40.7 Å². The van der Waals surface area contributed by atoms with Crippen LogP contribution >= 0.6 is 0 Å². The molecule has 0 unspecified atom stereocenters. The maximum absolute atomic E-state index is 12.8. The predicted octanol–water partition coefficient (Wildman–Crippen LogP) is 3.63. The Morgan fingerprint density at radius 2 is 1.85 bits per heavy atom. The van der Waals surface area contributed by atoms with Crippen molar-refractivity contribution in [1.29, 1.82) is 0 Å². The Labute approximate surface area is 195 Å². The van der Waals surface area contributed by atoms with Crippen LogP contribution in [0.5, 0.6) is 11.5 Å². The summed E-state index contributed by atoms with van der Waals surface area (Å²) in [6.07, 6.45) is 6.12. The summed E-state index contributed by atoms with van der Waals surface area (Å²) in [7, 11) is 1.39. The lowest BCUT2D eigenvalue weighted by Gasteiger charge is -2.13. The molecule has 34 heavy (non-hydrogen) atoms. The summed E-state index contributed by atoms with van der Waals surface area (Å²) in [6, 6.07) is 10.4. The molecule has 2 bridgehead atoms. The topological polar surface area (TPSA) is 111 Å². The average Bonchev–Trinajstić information content (AvgIpc) is 3.50. The molecule has 2 aliphatic carbocycles. The first-order valence-corrected chi connectivity index (χ1v) is 11.0. The van der Waals surface area contributed by atoms with Gasteiger partial charge in [0.1, 0.15) is 6.61 Å². The number of carbonyl (C=O) groups is 2. The second kappa shape index (κ2) is 8.40. The maximum Gasteiger partial charge on any atom is 0.315 e. The van der Waals surface area contributed by atoms with Crippen LogP contribution in [0.3, 0.4) is 0 Å². The molecule has 174 valence electrons. The lowest BCUT2D eigenvalue weighted by molar-refractivity contribution is -0.386. The first-order chi connectivity index (χ1) is 16.4. The Balaban J connectivity index is 1.40. The van der Waals surface area contributed by atoms with E-state index in [1.54, 1.807) is 0 Å². The third-order valence-corrected chi connectivity index (χ3v) is 6.71. The number of benzene rings is 2. The fourth-order valence-corrected chi connectivity index (χ4v) is 5.20. The molecule has 0 radical (unpaired) electrons. The zero-order valence-corrected chi connectivity index (χ0v) is 18.7. The summed E-state index contributed by atoms with van der Waals surface area (Å²) >= 11 is 0. The van der Waals surface area contributed by atoms with Crippen molar-refractivity contribution in [3.8, 4) is 11.5 Å². The van der Waals surface area contributed by atoms with Crippen molar-refractivity contribution >= 4 is 23.7 Å². The number of ether oxygens (including phenoxy) is 2. The van der Waals surface area contributed by atoms with E-state index in [-0.39, 0.29) is 59.3 Å². The van der Waals surface area contributed by atoms with E-state index in [9.17, 15) is 19.7 Å². The molecule has 1 saturated carbocycles. The number of rotatable bonds is 7. The van der Waals surface area contributed by atoms with Gasteiger partial charge in [0.15, 0.2) is 5.75 Å². The quantitative estimate of drug-likeness (QED) is 0.205. The third kappa shape index (κ3) is 3.63. The smallest absolute Gasteiger partial charge is 0.315 e. The van der Waals surface area contributed by atoms with Crippen molar-refractivity contribution in [1.82, 2.24) is 5.01 Å². The summed E-state index contributed by atoms with van der Waals surface area (Å²) < 4.78 is 11.1. The molecule has 1 aliphatic heterocycles. The van der Waals surface area contributed by atoms with E-state index in [0.717, 1.165) is 22.6 Å². The van der Waals surface area contributed by atoms with E-state index in [1.165, 1.54) is 25.5 Å². The number of nitro groups is 1. The molecule has 0 spiro atoms. The highest BCUT2D eigenvalue weighted by molar-refractivity contribution is 6.06. The lowest BCUT2D eigenvalue weighted by atomic mass is 9.85. The number of imide groups is 1. The molecule has 2 aromatic rings. The summed E-state index contributed by atoms with van der Waals surface area (Å²) in [4.78, 5) is 36.8. The van der Waals surface area contributed by atoms with E-state index in [0.29, 0.717) is 5.56 Å². The van der Waals surface area contributed by atoms with Crippen LogP contribution in [0.1, 0.15) is 23.1 Å².